The van der Waals surface area contributed by atoms with Crippen LogP contribution in [0.3, 0.4) is 0 Å². The summed E-state index contributed by atoms with van der Waals surface area (Å²) in [4.78, 5) is 1.16. The molecule has 80 valence electrons. The molecule has 0 fully saturated rings. The molecule has 3 heteroatoms. The Morgan fingerprint density at radius 3 is 2.93 bits per heavy atom. The first-order chi connectivity index (χ1) is 7.26. The maximum absolute atomic E-state index is 13.1. The molecule has 1 aliphatic rings. The van der Waals surface area contributed by atoms with Crippen LogP contribution in [0.4, 0.5) is 4.39 Å². The minimum Gasteiger partial charge on any atom is -0.316 e. The van der Waals surface area contributed by atoms with E-state index in [9.17, 15) is 4.39 Å². The zero-order chi connectivity index (χ0) is 10.8. The van der Waals surface area contributed by atoms with Crippen LogP contribution in [0.1, 0.15) is 12.0 Å². The van der Waals surface area contributed by atoms with E-state index in [4.69, 9.17) is 0 Å². The number of likely N-dealkylation sites (N-methyl/N-ethyl adjacent to an activating group) is 1. The van der Waals surface area contributed by atoms with Gasteiger partial charge in [-0.25, -0.2) is 4.39 Å². The van der Waals surface area contributed by atoms with E-state index in [0.717, 1.165) is 23.4 Å². The van der Waals surface area contributed by atoms with Gasteiger partial charge in [0.15, 0.2) is 0 Å². The van der Waals surface area contributed by atoms with Crippen molar-refractivity contribution in [3.05, 3.63) is 35.2 Å². The van der Waals surface area contributed by atoms with E-state index in [0.29, 0.717) is 0 Å². The third-order valence-electron chi connectivity index (χ3n) is 2.57. The number of nitrogens with one attached hydrogen (secondary N) is 1. The van der Waals surface area contributed by atoms with Gasteiger partial charge in [-0.3, -0.25) is 0 Å². The summed E-state index contributed by atoms with van der Waals surface area (Å²) in [5, 5.41) is 3.12. The molecular weight excluding hydrogens is 209 g/mol. The molecule has 2 rings (SSSR count). The highest BCUT2D eigenvalue weighted by Crippen LogP contribution is 2.43. The number of hydrogen-bond donors (Lipinski definition) is 1. The van der Waals surface area contributed by atoms with Crippen molar-refractivity contribution < 1.29 is 4.39 Å². The third kappa shape index (κ3) is 2.24. The van der Waals surface area contributed by atoms with E-state index >= 15 is 0 Å². The Hall–Kier alpha value is -0.800. The van der Waals surface area contributed by atoms with E-state index < -0.39 is 0 Å². The maximum Gasteiger partial charge on any atom is 0.123 e. The number of thioether (sulfide) groups is 1. The van der Waals surface area contributed by atoms with Crippen LogP contribution in [0, 0.1) is 5.82 Å². The maximum atomic E-state index is 13.1. The van der Waals surface area contributed by atoms with Gasteiger partial charge in [-0.05, 0) is 54.6 Å². The SMILES string of the molecule is CNCC1=C(c2cc(F)ccc2SC)C1. The summed E-state index contributed by atoms with van der Waals surface area (Å²) in [5.41, 5.74) is 3.79. The van der Waals surface area contributed by atoms with E-state index in [1.807, 2.05) is 19.4 Å². The molecule has 0 atom stereocenters. The quantitative estimate of drug-likeness (QED) is 0.788. The zero-order valence-corrected chi connectivity index (χ0v) is 9.75. The van der Waals surface area contributed by atoms with Gasteiger partial charge in [-0.15, -0.1) is 11.8 Å². The molecule has 0 aliphatic heterocycles. The Labute approximate surface area is 93.8 Å². The Balaban J connectivity index is 2.32. The van der Waals surface area contributed by atoms with Gasteiger partial charge in [0, 0.05) is 11.4 Å². The number of halogens is 1. The normalized spacial score (nSPS) is 14.6. The van der Waals surface area contributed by atoms with Crippen LogP contribution in [0.15, 0.2) is 28.7 Å². The first-order valence-corrected chi connectivity index (χ1v) is 6.18. The molecule has 1 N–H and O–H groups in total. The predicted octanol–water partition coefficient (Wildman–Crippen LogP) is 2.92. The van der Waals surface area contributed by atoms with Crippen molar-refractivity contribution in [3.63, 3.8) is 0 Å². The number of benzene rings is 1. The van der Waals surface area contributed by atoms with Crippen molar-refractivity contribution in [2.45, 2.75) is 11.3 Å². The lowest BCUT2D eigenvalue weighted by Gasteiger charge is -2.03. The molecule has 0 bridgehead atoms. The van der Waals surface area contributed by atoms with E-state index in [-0.39, 0.29) is 5.82 Å². The van der Waals surface area contributed by atoms with Crippen molar-refractivity contribution >= 4 is 17.3 Å². The van der Waals surface area contributed by atoms with Gasteiger partial charge in [0.05, 0.1) is 0 Å². The molecule has 0 aromatic heterocycles. The zero-order valence-electron chi connectivity index (χ0n) is 8.93. The van der Waals surface area contributed by atoms with Crippen molar-refractivity contribution in [2.24, 2.45) is 0 Å². The molecule has 0 amide bonds. The summed E-state index contributed by atoms with van der Waals surface area (Å²) in [6.07, 6.45) is 3.05. The minimum atomic E-state index is -0.147. The van der Waals surface area contributed by atoms with Crippen LogP contribution in [0.25, 0.3) is 5.57 Å². The molecule has 0 heterocycles. The summed E-state index contributed by atoms with van der Waals surface area (Å²) in [6, 6.07) is 5.03. The fraction of sp³-hybridized carbons (Fsp3) is 0.333. The van der Waals surface area contributed by atoms with Gasteiger partial charge in [0.1, 0.15) is 5.82 Å². The first-order valence-electron chi connectivity index (χ1n) is 4.95. The third-order valence-corrected chi connectivity index (χ3v) is 3.36. The number of allylic oxidation sites excluding steroid dienone is 1. The fourth-order valence-electron chi connectivity index (χ4n) is 1.75. The molecule has 1 aromatic carbocycles. The monoisotopic (exact) mass is 223 g/mol. The van der Waals surface area contributed by atoms with Gasteiger partial charge in [0.25, 0.3) is 0 Å². The molecule has 0 saturated carbocycles. The molecule has 1 nitrogen and oxygen atoms in total. The highest BCUT2D eigenvalue weighted by Gasteiger charge is 2.24. The Bertz CT molecular complexity index is 412. The van der Waals surface area contributed by atoms with Crippen molar-refractivity contribution in [1.29, 1.82) is 0 Å². The summed E-state index contributed by atoms with van der Waals surface area (Å²) in [6.45, 7) is 0.916. The highest BCUT2D eigenvalue weighted by atomic mass is 32.2. The topological polar surface area (TPSA) is 12.0 Å². The van der Waals surface area contributed by atoms with Crippen LogP contribution in [-0.4, -0.2) is 19.8 Å². The molecule has 0 saturated heterocycles. The Morgan fingerprint density at radius 2 is 2.27 bits per heavy atom. The molecule has 1 aliphatic carbocycles. The fourth-order valence-corrected chi connectivity index (χ4v) is 2.36. The van der Waals surface area contributed by atoms with Gasteiger partial charge in [-0.2, -0.15) is 0 Å². The van der Waals surface area contributed by atoms with Gasteiger partial charge in [0.2, 0.25) is 0 Å². The predicted molar refractivity (Wildman–Crippen MR) is 63.6 cm³/mol. The van der Waals surface area contributed by atoms with Crippen LogP contribution < -0.4 is 5.32 Å². The van der Waals surface area contributed by atoms with E-state index in [1.165, 1.54) is 17.2 Å². The summed E-state index contributed by atoms with van der Waals surface area (Å²) >= 11 is 1.67. The molecule has 15 heavy (non-hydrogen) atoms. The average Bonchev–Trinajstić information content (AvgIpc) is 2.98. The minimum absolute atomic E-state index is 0.147. The van der Waals surface area contributed by atoms with Crippen molar-refractivity contribution in [1.82, 2.24) is 5.32 Å². The van der Waals surface area contributed by atoms with Crippen LogP contribution in [0.5, 0.6) is 0 Å². The largest absolute Gasteiger partial charge is 0.316 e. The lowest BCUT2D eigenvalue weighted by molar-refractivity contribution is 0.626. The first kappa shape index (κ1) is 10.7. The van der Waals surface area contributed by atoms with Crippen LogP contribution in [-0.2, 0) is 0 Å². The van der Waals surface area contributed by atoms with Gasteiger partial charge >= 0.3 is 0 Å². The molecule has 0 unspecified atom stereocenters. The average molecular weight is 223 g/mol. The smallest absolute Gasteiger partial charge is 0.123 e. The number of hydrogen-bond acceptors (Lipinski definition) is 2. The highest BCUT2D eigenvalue weighted by molar-refractivity contribution is 7.98. The second-order valence-corrected chi connectivity index (χ2v) is 4.48. The number of rotatable bonds is 4. The second kappa shape index (κ2) is 4.37. The standard InChI is InChI=1S/C12H14FNS/c1-14-7-8-5-10(8)11-6-9(13)3-4-12(11)15-2/h3-4,6,14H,5,7H2,1-2H3. The van der Waals surface area contributed by atoms with Crippen LogP contribution in [0.2, 0.25) is 0 Å². The van der Waals surface area contributed by atoms with Gasteiger partial charge < -0.3 is 5.32 Å². The van der Waals surface area contributed by atoms with E-state index in [1.54, 1.807) is 17.8 Å². The Kier molecular flexibility index (Phi) is 3.12. The summed E-state index contributed by atoms with van der Waals surface area (Å²) in [7, 11) is 1.93. The van der Waals surface area contributed by atoms with Crippen molar-refractivity contribution in [2.75, 3.05) is 19.8 Å². The van der Waals surface area contributed by atoms with Crippen LogP contribution >= 0.6 is 11.8 Å². The summed E-state index contributed by atoms with van der Waals surface area (Å²) < 4.78 is 13.1. The molecular formula is C12H14FNS. The lowest BCUT2D eigenvalue weighted by atomic mass is 10.1. The Morgan fingerprint density at radius 1 is 1.47 bits per heavy atom. The van der Waals surface area contributed by atoms with E-state index in [2.05, 4.69) is 5.32 Å². The lowest BCUT2D eigenvalue weighted by Crippen LogP contribution is -2.05. The molecule has 0 radical (unpaired) electrons. The second-order valence-electron chi connectivity index (χ2n) is 3.63. The van der Waals surface area contributed by atoms with Crippen molar-refractivity contribution in [3.8, 4) is 0 Å². The van der Waals surface area contributed by atoms with Gasteiger partial charge in [-0.1, -0.05) is 0 Å². The molecule has 1 aromatic rings. The molecule has 0 spiro atoms. The summed E-state index contributed by atoms with van der Waals surface area (Å²) in [5.74, 6) is -0.147.